The van der Waals surface area contributed by atoms with Gasteiger partial charge in [0.2, 0.25) is 17.4 Å². The van der Waals surface area contributed by atoms with Gasteiger partial charge in [-0.15, -0.1) is 0 Å². The van der Waals surface area contributed by atoms with E-state index in [9.17, 15) is 29.0 Å². The summed E-state index contributed by atoms with van der Waals surface area (Å²) in [5, 5.41) is 31.7. The number of rotatable bonds is 11. The van der Waals surface area contributed by atoms with Gasteiger partial charge in [-0.1, -0.05) is 42.5 Å². The molecule has 2 atom stereocenters. The summed E-state index contributed by atoms with van der Waals surface area (Å²) < 4.78 is 21.3. The number of benzene rings is 4. The van der Waals surface area contributed by atoms with E-state index in [0.717, 1.165) is 16.7 Å². The van der Waals surface area contributed by atoms with Gasteiger partial charge in [0, 0.05) is 53.3 Å². The third kappa shape index (κ3) is 7.88. The molecule has 276 valence electrons. The zero-order valence-corrected chi connectivity index (χ0v) is 30.3. The SMILES string of the molecule is CCNc1ccc(NC(=O)CCc2ccc(-c3ccccc3)c(NC(=O)C3CC[N+](C)(C)[C@](O)(Oc4ccc(O)c5[nH]c(=O)ccc45)C3)c2)c(F)c1C. The largest absolute Gasteiger partial charge is 0.506 e. The highest BCUT2D eigenvalue weighted by Gasteiger charge is 2.54. The highest BCUT2D eigenvalue weighted by atomic mass is 19.1. The van der Waals surface area contributed by atoms with E-state index in [2.05, 4.69) is 20.9 Å². The summed E-state index contributed by atoms with van der Waals surface area (Å²) >= 11 is 0. The van der Waals surface area contributed by atoms with Gasteiger partial charge in [0.15, 0.2) is 5.82 Å². The Bertz CT molecular complexity index is 2220. The minimum atomic E-state index is -1.83. The van der Waals surface area contributed by atoms with Crippen molar-refractivity contribution < 1.29 is 33.4 Å². The summed E-state index contributed by atoms with van der Waals surface area (Å²) in [4.78, 5) is 41.5. The third-order valence-electron chi connectivity index (χ3n) is 10.1. The summed E-state index contributed by atoms with van der Waals surface area (Å²) in [5.41, 5.74) is 4.03. The van der Waals surface area contributed by atoms with E-state index in [1.807, 2.05) is 69.6 Å². The number of quaternary nitrogens is 1. The van der Waals surface area contributed by atoms with E-state index in [1.165, 1.54) is 24.3 Å². The molecule has 0 spiro atoms. The number of ether oxygens (including phenoxy) is 1. The van der Waals surface area contributed by atoms with Gasteiger partial charge >= 0.3 is 5.91 Å². The Labute approximate surface area is 307 Å². The first-order valence-corrected chi connectivity index (χ1v) is 17.7. The molecule has 1 aromatic heterocycles. The lowest BCUT2D eigenvalue weighted by Gasteiger charge is -2.48. The quantitative estimate of drug-likeness (QED) is 0.0673. The number of anilines is 3. The molecule has 0 aliphatic carbocycles. The van der Waals surface area contributed by atoms with Crippen molar-refractivity contribution in [3.63, 3.8) is 0 Å². The molecule has 53 heavy (non-hydrogen) atoms. The van der Waals surface area contributed by atoms with Gasteiger partial charge in [-0.05, 0) is 67.8 Å². The summed E-state index contributed by atoms with van der Waals surface area (Å²) in [5.74, 6) is -3.48. The summed E-state index contributed by atoms with van der Waals surface area (Å²) in [6.07, 6.45) is 0.865. The molecule has 6 N–H and O–H groups in total. The number of hydrogen-bond acceptors (Lipinski definition) is 7. The van der Waals surface area contributed by atoms with Gasteiger partial charge in [-0.3, -0.25) is 18.9 Å². The number of fused-ring (bicyclic) bond motifs is 1. The lowest BCUT2D eigenvalue weighted by atomic mass is 9.90. The molecule has 6 rings (SSSR count). The number of aromatic nitrogens is 1. The number of carbonyl (C=O) groups is 2. The van der Waals surface area contributed by atoms with Crippen molar-refractivity contribution in [3.8, 4) is 22.6 Å². The zero-order chi connectivity index (χ0) is 37.9. The van der Waals surface area contributed by atoms with Crippen LogP contribution >= 0.6 is 0 Å². The number of phenols is 1. The fourth-order valence-electron chi connectivity index (χ4n) is 6.78. The minimum absolute atomic E-state index is 0.0381. The average molecular weight is 723 g/mol. The minimum Gasteiger partial charge on any atom is -0.506 e. The Morgan fingerprint density at radius 1 is 0.981 bits per heavy atom. The Balaban J connectivity index is 1.21. The zero-order valence-electron chi connectivity index (χ0n) is 30.3. The molecule has 1 aliphatic heterocycles. The number of aromatic hydroxyl groups is 1. The van der Waals surface area contributed by atoms with Crippen LogP contribution in [0.15, 0.2) is 89.7 Å². The lowest BCUT2D eigenvalue weighted by Crippen LogP contribution is -2.67. The van der Waals surface area contributed by atoms with E-state index in [1.54, 1.807) is 19.1 Å². The summed E-state index contributed by atoms with van der Waals surface area (Å²) in [7, 11) is 3.64. The molecule has 2 amide bonds. The number of nitrogens with one attached hydrogen (secondary N) is 4. The van der Waals surface area contributed by atoms with Gasteiger partial charge in [-0.2, -0.15) is 0 Å². The van der Waals surface area contributed by atoms with E-state index in [0.29, 0.717) is 48.3 Å². The monoisotopic (exact) mass is 722 g/mol. The summed E-state index contributed by atoms with van der Waals surface area (Å²) in [6.45, 7) is 4.65. The molecule has 2 heterocycles. The van der Waals surface area contributed by atoms with Crippen LogP contribution in [-0.4, -0.2) is 64.6 Å². The number of piperidine rings is 1. The number of carbonyl (C=O) groups excluding carboxylic acids is 2. The lowest BCUT2D eigenvalue weighted by molar-refractivity contribution is -0.996. The standard InChI is InChI=1S/C41H44FN5O6/c1-5-43-31-15-16-32(38(42)25(31)2)44-36(49)19-12-26-11-13-29(27-9-7-6-8-10-27)33(23-26)45-40(51)28-21-22-47(3,4)41(52,24-28)53-35-18-17-34(48)39-30(35)14-20-37(50)46-39/h6-11,13-18,20,23,28,43,52H,5,12,19,21-22,24H2,1-4H3,(H3-,44,45,46,48,49,50,51)/p+1/t28?,41-/m1/s1. The predicted molar refractivity (Wildman–Crippen MR) is 204 cm³/mol. The summed E-state index contributed by atoms with van der Waals surface area (Å²) in [6, 6.07) is 24.3. The second-order valence-corrected chi connectivity index (χ2v) is 14.1. The molecule has 1 fully saturated rings. The van der Waals surface area contributed by atoms with Crippen molar-refractivity contribution in [2.24, 2.45) is 5.92 Å². The molecular formula is C41H45FN5O6+. The molecule has 5 aromatic rings. The van der Waals surface area contributed by atoms with Gasteiger partial charge in [-0.25, -0.2) is 4.39 Å². The smallest absolute Gasteiger partial charge is 0.359 e. The number of nitrogens with zero attached hydrogens (tertiary/aromatic N) is 1. The second-order valence-electron chi connectivity index (χ2n) is 14.1. The number of phenolic OH excluding ortho intramolecular Hbond substituents is 1. The Morgan fingerprint density at radius 3 is 2.49 bits per heavy atom. The topological polar surface area (TPSA) is 153 Å². The van der Waals surface area contributed by atoms with Crippen molar-refractivity contribution in [2.45, 2.75) is 45.4 Å². The van der Waals surface area contributed by atoms with Crippen LogP contribution in [0.3, 0.4) is 0 Å². The molecule has 0 radical (unpaired) electrons. The van der Waals surface area contributed by atoms with Gasteiger partial charge in [0.25, 0.3) is 0 Å². The molecule has 4 aromatic carbocycles. The fourth-order valence-corrected chi connectivity index (χ4v) is 6.78. The van der Waals surface area contributed by atoms with Crippen molar-refractivity contribution in [1.29, 1.82) is 0 Å². The number of amides is 2. The molecule has 0 saturated carbocycles. The Hall–Kier alpha value is -5.72. The fraction of sp³-hybridized carbons (Fsp3) is 0.293. The van der Waals surface area contributed by atoms with Gasteiger partial charge in [0.1, 0.15) is 11.5 Å². The first-order valence-electron chi connectivity index (χ1n) is 17.7. The average Bonchev–Trinajstić information content (AvgIpc) is 3.13. The van der Waals surface area contributed by atoms with E-state index in [4.69, 9.17) is 4.74 Å². The van der Waals surface area contributed by atoms with Crippen molar-refractivity contribution >= 4 is 39.8 Å². The maximum Gasteiger partial charge on any atom is 0.359 e. The van der Waals surface area contributed by atoms with Crippen LogP contribution in [-0.2, 0) is 16.0 Å². The van der Waals surface area contributed by atoms with Crippen LogP contribution in [0.4, 0.5) is 21.5 Å². The number of H-pyrrole nitrogens is 1. The number of aliphatic hydroxyl groups is 1. The van der Waals surface area contributed by atoms with Gasteiger partial charge in [0.05, 0.1) is 44.2 Å². The van der Waals surface area contributed by atoms with Crippen LogP contribution in [0, 0.1) is 18.7 Å². The van der Waals surface area contributed by atoms with Gasteiger partial charge < -0.3 is 35.9 Å². The molecule has 1 aliphatic rings. The second kappa shape index (κ2) is 15.1. The number of halogens is 1. The molecule has 1 saturated heterocycles. The van der Waals surface area contributed by atoms with E-state index in [-0.39, 0.29) is 51.8 Å². The molecule has 1 unspecified atom stereocenters. The van der Waals surface area contributed by atoms with Crippen molar-refractivity contribution in [1.82, 2.24) is 4.98 Å². The van der Waals surface area contributed by atoms with Crippen LogP contribution in [0.1, 0.15) is 37.3 Å². The Kier molecular flexibility index (Phi) is 10.6. The van der Waals surface area contributed by atoms with E-state index < -0.39 is 23.2 Å². The van der Waals surface area contributed by atoms with Crippen molar-refractivity contribution in [2.75, 3.05) is 43.1 Å². The molecule has 11 nitrogen and oxygen atoms in total. The van der Waals surface area contributed by atoms with Crippen LogP contribution in [0.2, 0.25) is 0 Å². The van der Waals surface area contributed by atoms with Crippen molar-refractivity contribution in [3.05, 3.63) is 112 Å². The number of aryl methyl sites for hydroxylation is 1. The highest BCUT2D eigenvalue weighted by Crippen LogP contribution is 2.40. The molecule has 12 heteroatoms. The predicted octanol–water partition coefficient (Wildman–Crippen LogP) is 6.50. The number of aromatic amines is 1. The first kappa shape index (κ1) is 37.1. The number of hydrogen-bond donors (Lipinski definition) is 6. The maximum absolute atomic E-state index is 15.0. The normalized spacial score (nSPS) is 18.0. The van der Waals surface area contributed by atoms with E-state index >= 15 is 0 Å². The van der Waals surface area contributed by atoms with Crippen LogP contribution in [0.25, 0.3) is 22.0 Å². The third-order valence-corrected chi connectivity index (χ3v) is 10.1. The van der Waals surface area contributed by atoms with Crippen LogP contribution < -0.4 is 26.2 Å². The maximum atomic E-state index is 15.0. The van der Waals surface area contributed by atoms with Crippen LogP contribution in [0.5, 0.6) is 11.5 Å². The first-order chi connectivity index (χ1) is 25.3. The number of likely N-dealkylation sites (tertiary alicyclic amines) is 1. The molecular weight excluding hydrogens is 677 g/mol. The number of pyridine rings is 1. The Morgan fingerprint density at radius 2 is 1.74 bits per heavy atom. The highest BCUT2D eigenvalue weighted by molar-refractivity contribution is 5.97. The molecule has 0 bridgehead atoms.